The summed E-state index contributed by atoms with van der Waals surface area (Å²) in [5, 5.41) is 4.08. The molecule has 0 bridgehead atoms. The van der Waals surface area contributed by atoms with Gasteiger partial charge in [0.05, 0.1) is 29.3 Å². The van der Waals surface area contributed by atoms with Gasteiger partial charge in [-0.05, 0) is 24.6 Å². The lowest BCUT2D eigenvalue weighted by Gasteiger charge is -2.38. The molecule has 0 radical (unpaired) electrons. The molecule has 1 saturated heterocycles. The first-order valence-electron chi connectivity index (χ1n) is 8.69. The number of nitrogens with zero attached hydrogens (tertiary/aromatic N) is 2. The first kappa shape index (κ1) is 16.8. The standard InChI is InChI=1S/C20H21N3O2S/c1-13(14-6-4-3-5-7-14)21-19(24)15-11-23(12-15)20-22-17-10-16(25-2)8-9-18(17)26-20/h3-10,13,15H,11-12H2,1-2H3,(H,21,24). The molecule has 0 aliphatic carbocycles. The lowest BCUT2D eigenvalue weighted by molar-refractivity contribution is -0.126. The van der Waals surface area contributed by atoms with Gasteiger partial charge in [0.25, 0.3) is 0 Å². The quantitative estimate of drug-likeness (QED) is 0.748. The fourth-order valence-electron chi connectivity index (χ4n) is 3.11. The summed E-state index contributed by atoms with van der Waals surface area (Å²) in [7, 11) is 1.66. The van der Waals surface area contributed by atoms with Gasteiger partial charge in [-0.2, -0.15) is 0 Å². The monoisotopic (exact) mass is 367 g/mol. The number of rotatable bonds is 5. The van der Waals surface area contributed by atoms with Gasteiger partial charge in [0, 0.05) is 19.2 Å². The molecular weight excluding hydrogens is 346 g/mol. The number of thiazole rings is 1. The van der Waals surface area contributed by atoms with Crippen LogP contribution < -0.4 is 15.0 Å². The average molecular weight is 367 g/mol. The van der Waals surface area contributed by atoms with Crippen molar-refractivity contribution in [1.29, 1.82) is 0 Å². The van der Waals surface area contributed by atoms with Gasteiger partial charge in [-0.3, -0.25) is 4.79 Å². The van der Waals surface area contributed by atoms with E-state index in [2.05, 4.69) is 15.2 Å². The number of hydrogen-bond acceptors (Lipinski definition) is 5. The van der Waals surface area contributed by atoms with Crippen LogP contribution in [0.1, 0.15) is 18.5 Å². The third-order valence-electron chi connectivity index (χ3n) is 4.76. The van der Waals surface area contributed by atoms with E-state index >= 15 is 0 Å². The number of fused-ring (bicyclic) bond motifs is 1. The van der Waals surface area contributed by atoms with Crippen molar-refractivity contribution in [2.24, 2.45) is 5.92 Å². The van der Waals surface area contributed by atoms with E-state index in [1.807, 2.05) is 55.5 Å². The summed E-state index contributed by atoms with van der Waals surface area (Å²) >= 11 is 1.65. The van der Waals surface area contributed by atoms with Crippen LogP contribution >= 0.6 is 11.3 Å². The fraction of sp³-hybridized carbons (Fsp3) is 0.300. The molecule has 4 rings (SSSR count). The van der Waals surface area contributed by atoms with E-state index in [0.29, 0.717) is 13.1 Å². The number of hydrogen-bond donors (Lipinski definition) is 1. The Hall–Kier alpha value is -2.60. The number of nitrogens with one attached hydrogen (secondary N) is 1. The molecular formula is C20H21N3O2S. The van der Waals surface area contributed by atoms with Gasteiger partial charge >= 0.3 is 0 Å². The number of aromatic nitrogens is 1. The van der Waals surface area contributed by atoms with E-state index in [-0.39, 0.29) is 17.9 Å². The Morgan fingerprint density at radius 3 is 2.77 bits per heavy atom. The van der Waals surface area contributed by atoms with Crippen molar-refractivity contribution in [3.63, 3.8) is 0 Å². The highest BCUT2D eigenvalue weighted by Crippen LogP contribution is 2.34. The molecule has 1 aliphatic rings. The van der Waals surface area contributed by atoms with Crippen molar-refractivity contribution in [3.8, 4) is 5.75 Å². The second kappa shape index (κ2) is 6.96. The zero-order valence-corrected chi connectivity index (χ0v) is 15.6. The number of anilines is 1. The maximum atomic E-state index is 12.5. The molecule has 5 nitrogen and oxygen atoms in total. The lowest BCUT2D eigenvalue weighted by Crippen LogP contribution is -2.54. The minimum absolute atomic E-state index is 0.0164. The summed E-state index contributed by atoms with van der Waals surface area (Å²) in [4.78, 5) is 19.3. The Morgan fingerprint density at radius 2 is 2.04 bits per heavy atom. The van der Waals surface area contributed by atoms with Gasteiger partial charge in [-0.15, -0.1) is 0 Å². The van der Waals surface area contributed by atoms with Crippen LogP contribution in [0.15, 0.2) is 48.5 Å². The van der Waals surface area contributed by atoms with Gasteiger partial charge < -0.3 is 15.0 Å². The van der Waals surface area contributed by atoms with Crippen LogP contribution in [0.2, 0.25) is 0 Å². The number of ether oxygens (including phenoxy) is 1. The Balaban J connectivity index is 1.37. The summed E-state index contributed by atoms with van der Waals surface area (Å²) in [6, 6.07) is 16.0. The molecule has 2 heterocycles. The average Bonchev–Trinajstić information content (AvgIpc) is 3.03. The molecule has 0 saturated carbocycles. The maximum absolute atomic E-state index is 12.5. The molecule has 1 amide bonds. The molecule has 1 aliphatic heterocycles. The van der Waals surface area contributed by atoms with Crippen LogP contribution in [0, 0.1) is 5.92 Å². The van der Waals surface area contributed by atoms with E-state index in [0.717, 1.165) is 26.7 Å². The van der Waals surface area contributed by atoms with Crippen molar-refractivity contribution in [3.05, 3.63) is 54.1 Å². The molecule has 1 N–H and O–H groups in total. The van der Waals surface area contributed by atoms with Gasteiger partial charge in [-0.1, -0.05) is 41.7 Å². The predicted octanol–water partition coefficient (Wildman–Crippen LogP) is 3.62. The van der Waals surface area contributed by atoms with Crippen LogP contribution in [-0.4, -0.2) is 31.1 Å². The molecule has 3 aromatic rings. The molecule has 1 aromatic heterocycles. The van der Waals surface area contributed by atoms with Crippen LogP contribution in [0.5, 0.6) is 5.75 Å². The smallest absolute Gasteiger partial charge is 0.227 e. The van der Waals surface area contributed by atoms with Crippen LogP contribution in [0.3, 0.4) is 0 Å². The summed E-state index contributed by atoms with van der Waals surface area (Å²) < 4.78 is 6.38. The number of carbonyl (C=O) groups is 1. The van der Waals surface area contributed by atoms with Crippen molar-refractivity contribution >= 4 is 32.6 Å². The van der Waals surface area contributed by atoms with Crippen LogP contribution in [-0.2, 0) is 4.79 Å². The number of methoxy groups -OCH3 is 1. The van der Waals surface area contributed by atoms with Crippen LogP contribution in [0.4, 0.5) is 5.13 Å². The SMILES string of the molecule is COc1ccc2sc(N3CC(C(=O)NC(C)c4ccccc4)C3)nc2c1. The zero-order valence-electron chi connectivity index (χ0n) is 14.8. The lowest BCUT2D eigenvalue weighted by atomic mass is 9.99. The minimum Gasteiger partial charge on any atom is -0.497 e. The highest BCUT2D eigenvalue weighted by Gasteiger charge is 2.34. The minimum atomic E-state index is 0.0164. The van der Waals surface area contributed by atoms with E-state index < -0.39 is 0 Å². The Kier molecular flexibility index (Phi) is 4.51. The first-order chi connectivity index (χ1) is 12.6. The molecule has 134 valence electrons. The van der Waals surface area contributed by atoms with Gasteiger partial charge in [0.15, 0.2) is 5.13 Å². The third-order valence-corrected chi connectivity index (χ3v) is 5.86. The second-order valence-electron chi connectivity index (χ2n) is 6.57. The fourth-order valence-corrected chi connectivity index (χ4v) is 4.08. The number of amides is 1. The van der Waals surface area contributed by atoms with Crippen molar-refractivity contribution in [2.75, 3.05) is 25.1 Å². The summed E-state index contributed by atoms with van der Waals surface area (Å²) in [5.41, 5.74) is 2.06. The highest BCUT2D eigenvalue weighted by molar-refractivity contribution is 7.22. The van der Waals surface area contributed by atoms with Gasteiger partial charge in [0.1, 0.15) is 5.75 Å². The van der Waals surface area contributed by atoms with Crippen molar-refractivity contribution in [2.45, 2.75) is 13.0 Å². The normalized spacial score (nSPS) is 15.5. The van der Waals surface area contributed by atoms with Crippen molar-refractivity contribution < 1.29 is 9.53 Å². The Bertz CT molecular complexity index is 919. The maximum Gasteiger partial charge on any atom is 0.227 e. The van der Waals surface area contributed by atoms with E-state index in [1.165, 1.54) is 0 Å². The first-order valence-corrected chi connectivity index (χ1v) is 9.50. The number of carbonyl (C=O) groups excluding carboxylic acids is 1. The van der Waals surface area contributed by atoms with Gasteiger partial charge in [-0.25, -0.2) is 4.98 Å². The summed E-state index contributed by atoms with van der Waals surface area (Å²) in [6.45, 7) is 3.44. The van der Waals surface area contributed by atoms with E-state index in [4.69, 9.17) is 4.74 Å². The van der Waals surface area contributed by atoms with Gasteiger partial charge in [0.2, 0.25) is 5.91 Å². The second-order valence-corrected chi connectivity index (χ2v) is 7.58. The van der Waals surface area contributed by atoms with E-state index in [9.17, 15) is 4.79 Å². The highest BCUT2D eigenvalue weighted by atomic mass is 32.1. The zero-order chi connectivity index (χ0) is 18.1. The third kappa shape index (κ3) is 3.24. The van der Waals surface area contributed by atoms with Crippen molar-refractivity contribution in [1.82, 2.24) is 10.3 Å². The molecule has 0 spiro atoms. The summed E-state index contributed by atoms with van der Waals surface area (Å²) in [6.07, 6.45) is 0. The topological polar surface area (TPSA) is 54.5 Å². The van der Waals surface area contributed by atoms with E-state index in [1.54, 1.807) is 18.4 Å². The number of benzene rings is 2. The van der Waals surface area contributed by atoms with Crippen LogP contribution in [0.25, 0.3) is 10.2 Å². The molecule has 26 heavy (non-hydrogen) atoms. The molecule has 6 heteroatoms. The Labute approximate surface area is 156 Å². The molecule has 1 fully saturated rings. The molecule has 1 unspecified atom stereocenters. The predicted molar refractivity (Wildman–Crippen MR) is 105 cm³/mol. The molecule has 1 atom stereocenters. The summed E-state index contributed by atoms with van der Waals surface area (Å²) in [5.74, 6) is 0.938. The molecule has 2 aromatic carbocycles. The Morgan fingerprint density at radius 1 is 1.27 bits per heavy atom. The largest absolute Gasteiger partial charge is 0.497 e.